The Bertz CT molecular complexity index is 682. The molecule has 1 amide bonds. The molecule has 3 heterocycles. The Hall–Kier alpha value is -1.88. The molecule has 2 aliphatic heterocycles. The van der Waals surface area contributed by atoms with E-state index in [1.165, 1.54) is 10.9 Å². The molecule has 1 aromatic carbocycles. The smallest absolute Gasteiger partial charge is 0.251 e. The Morgan fingerprint density at radius 2 is 2.26 bits per heavy atom. The molecule has 1 atom stereocenters. The maximum Gasteiger partial charge on any atom is 0.251 e. The van der Waals surface area contributed by atoms with Crippen molar-refractivity contribution >= 4 is 28.6 Å². The maximum atomic E-state index is 13.8. The number of carbonyl (C=O) groups excluding carboxylic acids is 1. The van der Waals surface area contributed by atoms with Crippen LogP contribution in [-0.2, 0) is 11.2 Å². The van der Waals surface area contributed by atoms with Gasteiger partial charge in [-0.1, -0.05) is 6.07 Å². The standard InChI is InChI=1S/C14H11FN2OS/c15-9-2-1-3-10-12(9)16-14(18)13-8-5-7-19-11(8)4-6-17(10)13/h1-3,5,7,13H,4,6H2,(H,16,18). The fraction of sp³-hybridized carbons (Fsp3) is 0.214. The van der Waals surface area contributed by atoms with Gasteiger partial charge >= 0.3 is 0 Å². The molecule has 96 valence electrons. The lowest BCUT2D eigenvalue weighted by molar-refractivity contribution is -0.118. The summed E-state index contributed by atoms with van der Waals surface area (Å²) in [5.74, 6) is -0.516. The lowest BCUT2D eigenvalue weighted by Gasteiger charge is -2.41. The molecule has 0 saturated carbocycles. The molecule has 5 heteroatoms. The van der Waals surface area contributed by atoms with E-state index >= 15 is 0 Å². The van der Waals surface area contributed by atoms with Crippen LogP contribution in [0.25, 0.3) is 0 Å². The number of fused-ring (bicyclic) bond motifs is 5. The second kappa shape index (κ2) is 3.81. The lowest BCUT2D eigenvalue weighted by Crippen LogP contribution is -2.45. The van der Waals surface area contributed by atoms with Crippen molar-refractivity contribution in [3.63, 3.8) is 0 Å². The van der Waals surface area contributed by atoms with Crippen LogP contribution in [0.5, 0.6) is 0 Å². The van der Waals surface area contributed by atoms with Crippen LogP contribution in [0.2, 0.25) is 0 Å². The van der Waals surface area contributed by atoms with Crippen molar-refractivity contribution in [2.45, 2.75) is 12.5 Å². The van der Waals surface area contributed by atoms with E-state index in [0.29, 0.717) is 5.69 Å². The molecule has 2 aromatic rings. The van der Waals surface area contributed by atoms with E-state index in [0.717, 1.165) is 24.2 Å². The number of halogens is 1. The molecular weight excluding hydrogens is 263 g/mol. The summed E-state index contributed by atoms with van der Waals surface area (Å²) in [5.41, 5.74) is 2.15. The summed E-state index contributed by atoms with van der Waals surface area (Å²) in [7, 11) is 0. The number of rotatable bonds is 0. The lowest BCUT2D eigenvalue weighted by atomic mass is 9.95. The fourth-order valence-corrected chi connectivity index (χ4v) is 3.83. The molecular formula is C14H11FN2OS. The minimum absolute atomic E-state index is 0.142. The number of anilines is 2. The van der Waals surface area contributed by atoms with Crippen molar-refractivity contribution in [2.75, 3.05) is 16.8 Å². The molecule has 3 nitrogen and oxygen atoms in total. The van der Waals surface area contributed by atoms with E-state index in [-0.39, 0.29) is 17.8 Å². The van der Waals surface area contributed by atoms with Gasteiger partial charge in [0.25, 0.3) is 5.91 Å². The first kappa shape index (κ1) is 11.0. The second-order valence-electron chi connectivity index (χ2n) is 4.77. The van der Waals surface area contributed by atoms with Gasteiger partial charge in [-0.15, -0.1) is 11.3 Å². The predicted molar refractivity (Wildman–Crippen MR) is 73.1 cm³/mol. The summed E-state index contributed by atoms with van der Waals surface area (Å²) in [5, 5.41) is 4.72. The van der Waals surface area contributed by atoms with Gasteiger partial charge < -0.3 is 10.2 Å². The van der Waals surface area contributed by atoms with Crippen LogP contribution < -0.4 is 10.2 Å². The molecule has 1 aromatic heterocycles. The zero-order valence-corrected chi connectivity index (χ0v) is 10.8. The summed E-state index contributed by atoms with van der Waals surface area (Å²) in [6, 6.07) is 6.61. The zero-order chi connectivity index (χ0) is 13.0. The number of nitrogens with one attached hydrogen (secondary N) is 1. The summed E-state index contributed by atoms with van der Waals surface area (Å²) >= 11 is 1.69. The zero-order valence-electron chi connectivity index (χ0n) is 10.0. The summed E-state index contributed by atoms with van der Waals surface area (Å²) in [4.78, 5) is 15.6. The molecule has 1 N–H and O–H groups in total. The number of hydrogen-bond acceptors (Lipinski definition) is 3. The fourth-order valence-electron chi connectivity index (χ4n) is 2.93. The number of thiophene rings is 1. The third-order valence-corrected chi connectivity index (χ3v) is 4.76. The van der Waals surface area contributed by atoms with E-state index in [2.05, 4.69) is 5.32 Å². The highest BCUT2D eigenvalue weighted by atomic mass is 32.1. The second-order valence-corrected chi connectivity index (χ2v) is 5.77. The quantitative estimate of drug-likeness (QED) is 0.801. The highest BCUT2D eigenvalue weighted by Crippen LogP contribution is 2.43. The number of amides is 1. The Morgan fingerprint density at radius 3 is 3.16 bits per heavy atom. The van der Waals surface area contributed by atoms with Crippen molar-refractivity contribution in [3.05, 3.63) is 45.9 Å². The van der Waals surface area contributed by atoms with Crippen molar-refractivity contribution in [1.29, 1.82) is 0 Å². The monoisotopic (exact) mass is 274 g/mol. The molecule has 1 unspecified atom stereocenters. The van der Waals surface area contributed by atoms with Crippen LogP contribution in [0.3, 0.4) is 0 Å². The van der Waals surface area contributed by atoms with Gasteiger partial charge in [-0.2, -0.15) is 0 Å². The first-order chi connectivity index (χ1) is 9.25. The van der Waals surface area contributed by atoms with Gasteiger partial charge in [-0.3, -0.25) is 4.79 Å². The van der Waals surface area contributed by atoms with Gasteiger partial charge in [0, 0.05) is 11.4 Å². The maximum absolute atomic E-state index is 13.8. The van der Waals surface area contributed by atoms with Crippen LogP contribution in [0.15, 0.2) is 29.6 Å². The highest BCUT2D eigenvalue weighted by Gasteiger charge is 2.39. The molecule has 0 spiro atoms. The third kappa shape index (κ3) is 1.45. The third-order valence-electron chi connectivity index (χ3n) is 3.76. The average Bonchev–Trinajstić information content (AvgIpc) is 2.88. The first-order valence-electron chi connectivity index (χ1n) is 6.18. The number of carbonyl (C=O) groups is 1. The molecule has 0 fully saturated rings. The van der Waals surface area contributed by atoms with Gasteiger partial charge in [0.1, 0.15) is 17.5 Å². The average molecular weight is 274 g/mol. The Morgan fingerprint density at radius 1 is 1.37 bits per heavy atom. The number of hydrogen-bond donors (Lipinski definition) is 1. The topological polar surface area (TPSA) is 32.3 Å². The van der Waals surface area contributed by atoms with Crippen LogP contribution in [0.4, 0.5) is 15.8 Å². The van der Waals surface area contributed by atoms with Crippen molar-refractivity contribution in [1.82, 2.24) is 0 Å². The summed E-state index contributed by atoms with van der Waals surface area (Å²) in [6.07, 6.45) is 0.909. The van der Waals surface area contributed by atoms with E-state index in [4.69, 9.17) is 0 Å². The Labute approximate surface area is 113 Å². The Balaban J connectivity index is 1.91. The van der Waals surface area contributed by atoms with Crippen molar-refractivity contribution < 1.29 is 9.18 Å². The normalized spacial score (nSPS) is 20.4. The van der Waals surface area contributed by atoms with E-state index in [1.54, 1.807) is 17.4 Å². The van der Waals surface area contributed by atoms with Gasteiger partial charge in [0.05, 0.1) is 5.69 Å². The van der Waals surface area contributed by atoms with Gasteiger partial charge in [-0.25, -0.2) is 4.39 Å². The summed E-state index contributed by atoms with van der Waals surface area (Å²) < 4.78 is 13.8. The number of benzene rings is 1. The van der Waals surface area contributed by atoms with Crippen LogP contribution in [0, 0.1) is 5.82 Å². The highest BCUT2D eigenvalue weighted by molar-refractivity contribution is 7.10. The largest absolute Gasteiger partial charge is 0.354 e. The molecule has 0 saturated heterocycles. The van der Waals surface area contributed by atoms with Gasteiger partial charge in [0.2, 0.25) is 0 Å². The van der Waals surface area contributed by atoms with E-state index < -0.39 is 0 Å². The summed E-state index contributed by atoms with van der Waals surface area (Å²) in [6.45, 7) is 0.752. The Kier molecular flexibility index (Phi) is 2.20. The number of nitrogens with zero attached hydrogens (tertiary/aromatic N) is 1. The minimum atomic E-state index is -0.375. The molecule has 0 radical (unpaired) electrons. The molecule has 2 aliphatic rings. The molecule has 19 heavy (non-hydrogen) atoms. The van der Waals surface area contributed by atoms with Crippen LogP contribution in [-0.4, -0.2) is 12.5 Å². The molecule has 0 aliphatic carbocycles. The van der Waals surface area contributed by atoms with Gasteiger partial charge in [0.15, 0.2) is 0 Å². The van der Waals surface area contributed by atoms with Crippen molar-refractivity contribution in [2.24, 2.45) is 0 Å². The van der Waals surface area contributed by atoms with Crippen molar-refractivity contribution in [3.8, 4) is 0 Å². The van der Waals surface area contributed by atoms with E-state index in [1.807, 2.05) is 22.4 Å². The first-order valence-corrected chi connectivity index (χ1v) is 7.06. The SMILES string of the molecule is O=C1Nc2c(F)cccc2N2CCc3sccc3C12. The number of para-hydroxylation sites is 1. The molecule has 4 rings (SSSR count). The van der Waals surface area contributed by atoms with Crippen LogP contribution in [0.1, 0.15) is 16.5 Å². The van der Waals surface area contributed by atoms with Crippen LogP contribution >= 0.6 is 11.3 Å². The van der Waals surface area contributed by atoms with Gasteiger partial charge in [-0.05, 0) is 35.6 Å². The molecule has 0 bridgehead atoms. The van der Waals surface area contributed by atoms with E-state index in [9.17, 15) is 9.18 Å². The minimum Gasteiger partial charge on any atom is -0.354 e. The predicted octanol–water partition coefficient (Wildman–Crippen LogP) is 2.94.